The zero-order valence-corrected chi connectivity index (χ0v) is 14.5. The third-order valence-corrected chi connectivity index (χ3v) is 5.30. The van der Waals surface area contributed by atoms with Crippen LogP contribution in [0.5, 0.6) is 0 Å². The lowest BCUT2D eigenvalue weighted by molar-refractivity contribution is 0.104. The first-order valence-electron chi connectivity index (χ1n) is 7.99. The molecule has 3 nitrogen and oxygen atoms in total. The number of hydrogen-bond donors (Lipinski definition) is 1. The van der Waals surface area contributed by atoms with Crippen LogP contribution in [0.1, 0.15) is 20.8 Å². The van der Waals surface area contributed by atoms with Crippen LogP contribution >= 0.6 is 11.3 Å². The van der Waals surface area contributed by atoms with Gasteiger partial charge in [-0.1, -0.05) is 60.2 Å². The fourth-order valence-corrected chi connectivity index (χ4v) is 3.83. The summed E-state index contributed by atoms with van der Waals surface area (Å²) in [4.78, 5) is 18.8. The van der Waals surface area contributed by atoms with Crippen LogP contribution < -0.4 is 5.73 Å². The van der Waals surface area contributed by atoms with Crippen molar-refractivity contribution in [1.29, 1.82) is 0 Å². The molecule has 0 saturated carbocycles. The Morgan fingerprint density at radius 2 is 1.68 bits per heavy atom. The lowest BCUT2D eigenvalue weighted by atomic mass is 10.1. The van der Waals surface area contributed by atoms with Gasteiger partial charge in [0.15, 0.2) is 0 Å². The predicted octanol–water partition coefficient (Wildman–Crippen LogP) is 5.08. The van der Waals surface area contributed by atoms with E-state index in [0.29, 0.717) is 16.1 Å². The average Bonchev–Trinajstić information content (AvgIpc) is 2.98. The van der Waals surface area contributed by atoms with Crippen molar-refractivity contribution in [2.75, 3.05) is 5.73 Å². The molecule has 0 radical (unpaired) electrons. The minimum atomic E-state index is -0.0539. The first kappa shape index (κ1) is 15.5. The number of aromatic nitrogens is 1. The maximum Gasteiger partial charge on any atom is 0.205 e. The van der Waals surface area contributed by atoms with E-state index in [4.69, 9.17) is 10.7 Å². The quantitative estimate of drug-likeness (QED) is 0.527. The molecule has 2 aromatic heterocycles. The number of carbonyl (C=O) groups is 1. The van der Waals surface area contributed by atoms with Gasteiger partial charge in [-0.15, -0.1) is 11.3 Å². The van der Waals surface area contributed by atoms with E-state index in [9.17, 15) is 4.79 Å². The number of pyridine rings is 1. The minimum Gasteiger partial charge on any atom is -0.397 e. The SMILES string of the molecule is Cc1ccc(C(=O)c2sc3nc(-c4ccccc4)ccc3c2N)cc1. The van der Waals surface area contributed by atoms with Gasteiger partial charge in [0, 0.05) is 16.5 Å². The molecular formula is C21H16N2OS. The van der Waals surface area contributed by atoms with E-state index in [0.717, 1.165) is 27.0 Å². The van der Waals surface area contributed by atoms with Gasteiger partial charge >= 0.3 is 0 Å². The highest BCUT2D eigenvalue weighted by molar-refractivity contribution is 7.21. The van der Waals surface area contributed by atoms with Crippen LogP contribution in [0.2, 0.25) is 0 Å². The number of nitrogens with two attached hydrogens (primary N) is 1. The topological polar surface area (TPSA) is 56.0 Å². The van der Waals surface area contributed by atoms with E-state index in [1.165, 1.54) is 11.3 Å². The summed E-state index contributed by atoms with van der Waals surface area (Å²) in [6.45, 7) is 2.00. The number of hydrogen-bond acceptors (Lipinski definition) is 4. The normalized spacial score (nSPS) is 10.9. The number of benzene rings is 2. The number of nitrogens with zero attached hydrogens (tertiary/aromatic N) is 1. The van der Waals surface area contributed by atoms with Crippen molar-refractivity contribution in [1.82, 2.24) is 4.98 Å². The van der Waals surface area contributed by atoms with Crippen LogP contribution in [-0.2, 0) is 0 Å². The summed E-state index contributed by atoms with van der Waals surface area (Å²) >= 11 is 1.35. The third-order valence-electron chi connectivity index (χ3n) is 4.18. The van der Waals surface area contributed by atoms with E-state index in [1.807, 2.05) is 73.7 Å². The van der Waals surface area contributed by atoms with E-state index in [-0.39, 0.29) is 5.78 Å². The summed E-state index contributed by atoms with van der Waals surface area (Å²) in [5.41, 5.74) is 10.4. The van der Waals surface area contributed by atoms with Gasteiger partial charge in [-0.2, -0.15) is 0 Å². The zero-order valence-electron chi connectivity index (χ0n) is 13.7. The molecule has 0 aliphatic rings. The van der Waals surface area contributed by atoms with Crippen molar-refractivity contribution in [3.05, 3.63) is 82.7 Å². The van der Waals surface area contributed by atoms with Crippen molar-refractivity contribution >= 4 is 33.0 Å². The number of carbonyl (C=O) groups excluding carboxylic acids is 1. The molecule has 25 heavy (non-hydrogen) atoms. The monoisotopic (exact) mass is 344 g/mol. The van der Waals surface area contributed by atoms with Crippen LogP contribution in [0.4, 0.5) is 5.69 Å². The van der Waals surface area contributed by atoms with Gasteiger partial charge in [0.1, 0.15) is 9.71 Å². The van der Waals surface area contributed by atoms with Gasteiger partial charge in [0.05, 0.1) is 11.4 Å². The Balaban J connectivity index is 1.79. The number of anilines is 1. The summed E-state index contributed by atoms with van der Waals surface area (Å²) < 4.78 is 0. The second kappa shape index (κ2) is 6.15. The molecule has 0 atom stereocenters. The van der Waals surface area contributed by atoms with Crippen LogP contribution in [0.3, 0.4) is 0 Å². The van der Waals surface area contributed by atoms with Gasteiger partial charge in [-0.3, -0.25) is 4.79 Å². The molecule has 4 aromatic rings. The Labute approximate surface area is 149 Å². The highest BCUT2D eigenvalue weighted by Crippen LogP contribution is 2.35. The standard InChI is InChI=1S/C21H16N2OS/c1-13-7-9-15(10-8-13)19(24)20-18(22)16-11-12-17(23-21(16)25-20)14-5-3-2-4-6-14/h2-12H,22H2,1H3. The lowest BCUT2D eigenvalue weighted by Gasteiger charge is -2.01. The molecule has 0 saturated heterocycles. The number of rotatable bonds is 3. The van der Waals surface area contributed by atoms with Gasteiger partial charge in [0.25, 0.3) is 0 Å². The third kappa shape index (κ3) is 2.81. The summed E-state index contributed by atoms with van der Waals surface area (Å²) in [7, 11) is 0. The van der Waals surface area contributed by atoms with Crippen molar-refractivity contribution < 1.29 is 4.79 Å². The summed E-state index contributed by atoms with van der Waals surface area (Å²) in [5.74, 6) is -0.0539. The lowest BCUT2D eigenvalue weighted by Crippen LogP contribution is -2.01. The first-order chi connectivity index (χ1) is 12.1. The highest BCUT2D eigenvalue weighted by atomic mass is 32.1. The van der Waals surface area contributed by atoms with Crippen LogP contribution in [-0.4, -0.2) is 10.8 Å². The molecule has 2 heterocycles. The van der Waals surface area contributed by atoms with Crippen molar-refractivity contribution in [2.45, 2.75) is 6.92 Å². The molecule has 4 rings (SSSR count). The molecule has 4 heteroatoms. The Morgan fingerprint density at radius 1 is 0.960 bits per heavy atom. The zero-order chi connectivity index (χ0) is 17.4. The van der Waals surface area contributed by atoms with Crippen molar-refractivity contribution in [3.8, 4) is 11.3 Å². The second-order valence-electron chi connectivity index (χ2n) is 5.96. The highest BCUT2D eigenvalue weighted by Gasteiger charge is 2.19. The molecule has 0 bridgehead atoms. The number of ketones is 1. The van der Waals surface area contributed by atoms with Gasteiger partial charge in [0.2, 0.25) is 5.78 Å². The molecule has 122 valence electrons. The summed E-state index contributed by atoms with van der Waals surface area (Å²) in [5, 5.41) is 0.833. The predicted molar refractivity (Wildman–Crippen MR) is 104 cm³/mol. The van der Waals surface area contributed by atoms with Crippen molar-refractivity contribution in [3.63, 3.8) is 0 Å². The Hall–Kier alpha value is -2.98. The second-order valence-corrected chi connectivity index (χ2v) is 6.95. The summed E-state index contributed by atoms with van der Waals surface area (Å²) in [6.07, 6.45) is 0. The molecule has 0 spiro atoms. The molecule has 0 amide bonds. The number of thiophene rings is 1. The molecule has 0 aliphatic carbocycles. The molecule has 2 aromatic carbocycles. The van der Waals surface area contributed by atoms with E-state index < -0.39 is 0 Å². The fourth-order valence-electron chi connectivity index (χ4n) is 2.77. The average molecular weight is 344 g/mol. The largest absolute Gasteiger partial charge is 0.397 e. The Bertz CT molecular complexity index is 1070. The van der Waals surface area contributed by atoms with Gasteiger partial charge < -0.3 is 5.73 Å². The van der Waals surface area contributed by atoms with E-state index >= 15 is 0 Å². The molecule has 2 N–H and O–H groups in total. The Morgan fingerprint density at radius 3 is 2.40 bits per heavy atom. The first-order valence-corrected chi connectivity index (χ1v) is 8.81. The molecule has 0 unspecified atom stereocenters. The Kier molecular flexibility index (Phi) is 3.82. The maximum absolute atomic E-state index is 12.8. The smallest absolute Gasteiger partial charge is 0.205 e. The van der Waals surface area contributed by atoms with Gasteiger partial charge in [-0.25, -0.2) is 4.98 Å². The van der Waals surface area contributed by atoms with Crippen LogP contribution in [0, 0.1) is 6.92 Å². The molecule has 0 fully saturated rings. The molecule has 0 aliphatic heterocycles. The number of aryl methyl sites for hydroxylation is 1. The maximum atomic E-state index is 12.8. The number of nitrogen functional groups attached to an aromatic ring is 1. The van der Waals surface area contributed by atoms with Crippen LogP contribution in [0.25, 0.3) is 21.5 Å². The molecular weight excluding hydrogens is 328 g/mol. The van der Waals surface area contributed by atoms with Crippen molar-refractivity contribution in [2.24, 2.45) is 0 Å². The summed E-state index contributed by atoms with van der Waals surface area (Å²) in [6, 6.07) is 21.4. The fraction of sp³-hybridized carbons (Fsp3) is 0.0476. The van der Waals surface area contributed by atoms with Gasteiger partial charge in [-0.05, 0) is 19.1 Å². The van der Waals surface area contributed by atoms with Crippen LogP contribution in [0.15, 0.2) is 66.7 Å². The van der Waals surface area contributed by atoms with E-state index in [1.54, 1.807) is 0 Å². The number of fused-ring (bicyclic) bond motifs is 1. The van der Waals surface area contributed by atoms with E-state index in [2.05, 4.69) is 0 Å². The minimum absolute atomic E-state index is 0.0539.